The highest BCUT2D eigenvalue weighted by Crippen LogP contribution is 2.04. The summed E-state index contributed by atoms with van der Waals surface area (Å²) >= 11 is 0. The molecule has 0 aliphatic carbocycles. The zero-order valence-corrected chi connectivity index (χ0v) is 12.4. The van der Waals surface area contributed by atoms with Crippen molar-refractivity contribution < 1.29 is 4.79 Å². The van der Waals surface area contributed by atoms with Gasteiger partial charge < -0.3 is 10.6 Å². The van der Waals surface area contributed by atoms with Crippen LogP contribution < -0.4 is 10.6 Å². The maximum Gasteiger partial charge on any atom is 0.270 e. The fraction of sp³-hybridized carbons (Fsp3) is 0.400. The summed E-state index contributed by atoms with van der Waals surface area (Å²) in [5, 5.41) is 10.4. The van der Waals surface area contributed by atoms with Crippen LogP contribution in [-0.4, -0.2) is 64.8 Å². The summed E-state index contributed by atoms with van der Waals surface area (Å²) in [6.07, 6.45) is 3.48. The fourth-order valence-corrected chi connectivity index (χ4v) is 2.43. The standard InChI is InChI=1S/C15H20N6O/c22-15(17-8-12-20-10-6-16-7-11-20)13-3-1-4-14(19-13)21-9-2-5-18-21/h1-5,9,16H,6-8,10-12H2,(H,17,22). The van der Waals surface area contributed by atoms with E-state index in [9.17, 15) is 4.79 Å². The molecule has 116 valence electrons. The Bertz CT molecular complexity index is 606. The molecule has 1 aliphatic rings. The Balaban J connectivity index is 1.54. The van der Waals surface area contributed by atoms with Gasteiger partial charge in [-0.15, -0.1) is 0 Å². The molecule has 2 aromatic rings. The van der Waals surface area contributed by atoms with Crippen molar-refractivity contribution in [3.8, 4) is 5.82 Å². The van der Waals surface area contributed by atoms with Gasteiger partial charge in [-0.1, -0.05) is 6.07 Å². The lowest BCUT2D eigenvalue weighted by molar-refractivity contribution is 0.0942. The van der Waals surface area contributed by atoms with E-state index < -0.39 is 0 Å². The number of piperazine rings is 1. The molecule has 0 saturated carbocycles. The molecule has 1 saturated heterocycles. The quantitative estimate of drug-likeness (QED) is 0.807. The second-order valence-corrected chi connectivity index (χ2v) is 5.18. The molecule has 7 nitrogen and oxygen atoms in total. The van der Waals surface area contributed by atoms with Gasteiger partial charge in [0.15, 0.2) is 5.82 Å². The normalized spacial score (nSPS) is 15.6. The third-order valence-electron chi connectivity index (χ3n) is 3.63. The lowest BCUT2D eigenvalue weighted by Crippen LogP contribution is -2.46. The predicted molar refractivity (Wildman–Crippen MR) is 83.0 cm³/mol. The van der Waals surface area contributed by atoms with Crippen LogP contribution in [0.5, 0.6) is 0 Å². The SMILES string of the molecule is O=C(NCCN1CCNCC1)c1cccc(-n2cccn2)n1. The monoisotopic (exact) mass is 300 g/mol. The lowest BCUT2D eigenvalue weighted by Gasteiger charge is -2.27. The molecule has 0 radical (unpaired) electrons. The molecule has 3 heterocycles. The van der Waals surface area contributed by atoms with Gasteiger partial charge in [0.1, 0.15) is 5.69 Å². The van der Waals surface area contributed by atoms with Crippen molar-refractivity contribution >= 4 is 5.91 Å². The topological polar surface area (TPSA) is 75.1 Å². The van der Waals surface area contributed by atoms with Crippen LogP contribution in [0.25, 0.3) is 5.82 Å². The van der Waals surface area contributed by atoms with E-state index in [4.69, 9.17) is 0 Å². The average Bonchev–Trinajstić information content (AvgIpc) is 3.10. The Labute approximate surface area is 129 Å². The molecule has 0 aromatic carbocycles. The van der Waals surface area contributed by atoms with E-state index in [1.165, 1.54) is 0 Å². The highest BCUT2D eigenvalue weighted by atomic mass is 16.1. The van der Waals surface area contributed by atoms with E-state index in [0.717, 1.165) is 32.7 Å². The van der Waals surface area contributed by atoms with Gasteiger partial charge in [-0.2, -0.15) is 5.10 Å². The largest absolute Gasteiger partial charge is 0.349 e. The van der Waals surface area contributed by atoms with E-state index in [1.807, 2.05) is 18.2 Å². The number of carbonyl (C=O) groups excluding carboxylic acids is 1. The molecular weight excluding hydrogens is 280 g/mol. The molecule has 0 atom stereocenters. The number of amides is 1. The van der Waals surface area contributed by atoms with Crippen molar-refractivity contribution in [3.63, 3.8) is 0 Å². The zero-order chi connectivity index (χ0) is 15.2. The summed E-state index contributed by atoms with van der Waals surface area (Å²) < 4.78 is 1.64. The van der Waals surface area contributed by atoms with Crippen LogP contribution in [0.15, 0.2) is 36.7 Å². The van der Waals surface area contributed by atoms with Crippen molar-refractivity contribution in [2.75, 3.05) is 39.3 Å². The van der Waals surface area contributed by atoms with E-state index in [2.05, 4.69) is 25.6 Å². The molecule has 3 rings (SSSR count). The van der Waals surface area contributed by atoms with Gasteiger partial charge in [-0.3, -0.25) is 9.69 Å². The molecule has 2 aromatic heterocycles. The minimum absolute atomic E-state index is 0.149. The number of rotatable bonds is 5. The highest BCUT2D eigenvalue weighted by molar-refractivity contribution is 5.92. The minimum atomic E-state index is -0.149. The van der Waals surface area contributed by atoms with Crippen LogP contribution in [-0.2, 0) is 0 Å². The number of aromatic nitrogens is 3. The summed E-state index contributed by atoms with van der Waals surface area (Å²) in [5.74, 6) is 0.490. The molecular formula is C15H20N6O. The van der Waals surface area contributed by atoms with Crippen LogP contribution in [0.2, 0.25) is 0 Å². The molecule has 0 unspecified atom stereocenters. The first-order valence-electron chi connectivity index (χ1n) is 7.51. The smallest absolute Gasteiger partial charge is 0.270 e. The molecule has 1 amide bonds. The number of carbonyl (C=O) groups is 1. The van der Waals surface area contributed by atoms with E-state index in [1.54, 1.807) is 23.1 Å². The first kappa shape index (κ1) is 14.7. The number of pyridine rings is 1. The first-order chi connectivity index (χ1) is 10.8. The molecule has 1 aliphatic heterocycles. The van der Waals surface area contributed by atoms with Gasteiger partial charge in [0, 0.05) is 51.7 Å². The summed E-state index contributed by atoms with van der Waals surface area (Å²) in [5.41, 5.74) is 0.410. The lowest BCUT2D eigenvalue weighted by atomic mass is 10.3. The van der Waals surface area contributed by atoms with Crippen molar-refractivity contribution in [1.29, 1.82) is 0 Å². The Morgan fingerprint density at radius 2 is 2.14 bits per heavy atom. The number of nitrogens with one attached hydrogen (secondary N) is 2. The molecule has 1 fully saturated rings. The Kier molecular flexibility index (Phi) is 4.77. The number of nitrogens with zero attached hydrogens (tertiary/aromatic N) is 4. The van der Waals surface area contributed by atoms with E-state index in [0.29, 0.717) is 18.1 Å². The number of hydrogen-bond donors (Lipinski definition) is 2. The van der Waals surface area contributed by atoms with Crippen LogP contribution >= 0.6 is 0 Å². The van der Waals surface area contributed by atoms with Crippen molar-refractivity contribution in [3.05, 3.63) is 42.4 Å². The maximum absolute atomic E-state index is 12.2. The Morgan fingerprint density at radius 1 is 1.27 bits per heavy atom. The van der Waals surface area contributed by atoms with Crippen molar-refractivity contribution in [2.24, 2.45) is 0 Å². The number of hydrogen-bond acceptors (Lipinski definition) is 5. The third kappa shape index (κ3) is 3.69. The van der Waals surface area contributed by atoms with Crippen molar-refractivity contribution in [2.45, 2.75) is 0 Å². The molecule has 0 spiro atoms. The first-order valence-corrected chi connectivity index (χ1v) is 7.51. The van der Waals surface area contributed by atoms with Crippen LogP contribution in [0.3, 0.4) is 0 Å². The predicted octanol–water partition coefficient (Wildman–Crippen LogP) is -0.0977. The fourth-order valence-electron chi connectivity index (χ4n) is 2.43. The zero-order valence-electron chi connectivity index (χ0n) is 12.4. The van der Waals surface area contributed by atoms with Crippen molar-refractivity contribution in [1.82, 2.24) is 30.3 Å². The minimum Gasteiger partial charge on any atom is -0.349 e. The molecule has 7 heteroatoms. The van der Waals surface area contributed by atoms with Gasteiger partial charge in [0.25, 0.3) is 5.91 Å². The molecule has 0 bridgehead atoms. The molecule has 2 N–H and O–H groups in total. The van der Waals surface area contributed by atoms with Gasteiger partial charge in [0.2, 0.25) is 0 Å². The second kappa shape index (κ2) is 7.15. The summed E-state index contributed by atoms with van der Waals surface area (Å²) in [6, 6.07) is 7.18. The van der Waals surface area contributed by atoms with Crippen LogP contribution in [0.1, 0.15) is 10.5 Å². The van der Waals surface area contributed by atoms with Gasteiger partial charge in [0.05, 0.1) is 0 Å². The van der Waals surface area contributed by atoms with E-state index in [-0.39, 0.29) is 5.91 Å². The third-order valence-corrected chi connectivity index (χ3v) is 3.63. The Morgan fingerprint density at radius 3 is 2.91 bits per heavy atom. The summed E-state index contributed by atoms with van der Waals surface area (Å²) in [6.45, 7) is 5.59. The summed E-state index contributed by atoms with van der Waals surface area (Å²) in [4.78, 5) is 18.9. The van der Waals surface area contributed by atoms with E-state index >= 15 is 0 Å². The van der Waals surface area contributed by atoms with Gasteiger partial charge >= 0.3 is 0 Å². The molecule has 22 heavy (non-hydrogen) atoms. The second-order valence-electron chi connectivity index (χ2n) is 5.18. The summed E-state index contributed by atoms with van der Waals surface area (Å²) in [7, 11) is 0. The Hall–Kier alpha value is -2.25. The average molecular weight is 300 g/mol. The highest BCUT2D eigenvalue weighted by Gasteiger charge is 2.11. The maximum atomic E-state index is 12.2. The van der Waals surface area contributed by atoms with Crippen LogP contribution in [0.4, 0.5) is 0 Å². The van der Waals surface area contributed by atoms with Gasteiger partial charge in [-0.25, -0.2) is 9.67 Å². The van der Waals surface area contributed by atoms with Crippen LogP contribution in [0, 0.1) is 0 Å². The van der Waals surface area contributed by atoms with Gasteiger partial charge in [-0.05, 0) is 18.2 Å².